The Hall–Kier alpha value is -2.43. The van der Waals surface area contributed by atoms with Crippen LogP contribution in [-0.2, 0) is 0 Å². The van der Waals surface area contributed by atoms with Crippen molar-refractivity contribution in [1.82, 2.24) is 0 Å². The minimum atomic E-state index is -4.66. The van der Waals surface area contributed by atoms with Crippen LogP contribution in [0.15, 0.2) is 72.0 Å². The SMILES string of the molecule is C=C/C=C\C.CC.CC(C)=C(C)/C=C(/C)N(C)c1ccc(OC(F)(F)F)cc1. The van der Waals surface area contributed by atoms with E-state index >= 15 is 0 Å². The Morgan fingerprint density at radius 1 is 1.04 bits per heavy atom. The highest BCUT2D eigenvalue weighted by molar-refractivity contribution is 5.53. The first-order chi connectivity index (χ1) is 13.0. The molecule has 1 rings (SSSR count). The third-order valence-corrected chi connectivity index (χ3v) is 3.53. The average Bonchev–Trinajstić information content (AvgIpc) is 2.63. The van der Waals surface area contributed by atoms with E-state index in [0.717, 1.165) is 17.0 Å². The molecule has 0 spiro atoms. The molecule has 1 aromatic carbocycles. The summed E-state index contributed by atoms with van der Waals surface area (Å²) in [6.07, 6.45) is 2.95. The molecule has 0 bridgehead atoms. The fourth-order valence-electron chi connectivity index (χ4n) is 1.77. The van der Waals surface area contributed by atoms with Crippen molar-refractivity contribution in [3.8, 4) is 5.75 Å². The van der Waals surface area contributed by atoms with E-state index in [1.807, 2.05) is 78.6 Å². The lowest BCUT2D eigenvalue weighted by atomic mass is 10.1. The van der Waals surface area contributed by atoms with Crippen LogP contribution in [0.1, 0.15) is 48.5 Å². The molecular formula is C23H34F3NO. The Balaban J connectivity index is 0. The smallest absolute Gasteiger partial charge is 0.406 e. The maximum Gasteiger partial charge on any atom is 0.573 e. The molecule has 0 N–H and O–H groups in total. The van der Waals surface area contributed by atoms with Crippen LogP contribution < -0.4 is 9.64 Å². The quantitative estimate of drug-likeness (QED) is 0.466. The van der Waals surface area contributed by atoms with E-state index in [0.29, 0.717) is 0 Å². The number of nitrogens with zero attached hydrogens (tertiary/aromatic N) is 1. The van der Waals surface area contributed by atoms with Gasteiger partial charge in [-0.25, -0.2) is 0 Å². The van der Waals surface area contributed by atoms with Crippen molar-refractivity contribution in [2.24, 2.45) is 0 Å². The van der Waals surface area contributed by atoms with Crippen LogP contribution in [0.5, 0.6) is 5.75 Å². The summed E-state index contributed by atoms with van der Waals surface area (Å²) in [5, 5.41) is 0. The summed E-state index contributed by atoms with van der Waals surface area (Å²) in [6.45, 7) is 17.5. The molecule has 0 aliphatic heterocycles. The van der Waals surface area contributed by atoms with Gasteiger partial charge in [-0.05, 0) is 65.0 Å². The van der Waals surface area contributed by atoms with Crippen molar-refractivity contribution in [2.45, 2.75) is 54.8 Å². The fourth-order valence-corrected chi connectivity index (χ4v) is 1.77. The predicted molar refractivity (Wildman–Crippen MR) is 116 cm³/mol. The second kappa shape index (κ2) is 14.6. The highest BCUT2D eigenvalue weighted by Gasteiger charge is 2.30. The minimum Gasteiger partial charge on any atom is -0.406 e. The molecular weight excluding hydrogens is 363 g/mol. The average molecular weight is 398 g/mol. The summed E-state index contributed by atoms with van der Waals surface area (Å²) in [6, 6.07) is 5.80. The number of hydrogen-bond donors (Lipinski definition) is 0. The minimum absolute atomic E-state index is 0.221. The lowest BCUT2D eigenvalue weighted by Crippen LogP contribution is -2.17. The van der Waals surface area contributed by atoms with Crippen molar-refractivity contribution in [3.05, 3.63) is 72.0 Å². The predicted octanol–water partition coefficient (Wildman–Crippen LogP) is 8.06. The van der Waals surface area contributed by atoms with Gasteiger partial charge in [-0.15, -0.1) is 13.2 Å². The van der Waals surface area contributed by atoms with Gasteiger partial charge in [-0.3, -0.25) is 0 Å². The second-order valence-corrected chi connectivity index (χ2v) is 5.83. The lowest BCUT2D eigenvalue weighted by Gasteiger charge is -2.21. The number of halogens is 3. The summed E-state index contributed by atoms with van der Waals surface area (Å²) in [4.78, 5) is 1.91. The van der Waals surface area contributed by atoms with E-state index < -0.39 is 6.36 Å². The standard InChI is InChI=1S/C16H20F3NO.C5H8.C2H6/c1-11(2)12(3)10-13(4)20(5)14-6-8-15(9-7-14)21-16(17,18)19;1-3-5-4-2;1-2/h6-10H,1-5H3;3-5H,1H2,2H3;1-2H3/b13-10-;5-4-;. The summed E-state index contributed by atoms with van der Waals surface area (Å²) < 4.78 is 40.2. The second-order valence-electron chi connectivity index (χ2n) is 5.83. The van der Waals surface area contributed by atoms with Crippen molar-refractivity contribution in [2.75, 3.05) is 11.9 Å². The van der Waals surface area contributed by atoms with Crippen LogP contribution in [0.3, 0.4) is 0 Å². The normalized spacial score (nSPS) is 10.9. The fraction of sp³-hybridized carbons (Fsp3) is 0.391. The van der Waals surface area contributed by atoms with Gasteiger partial charge in [0.15, 0.2) is 0 Å². The zero-order valence-corrected chi connectivity index (χ0v) is 18.3. The van der Waals surface area contributed by atoms with Gasteiger partial charge in [0.25, 0.3) is 0 Å². The Morgan fingerprint density at radius 2 is 1.54 bits per heavy atom. The Kier molecular flexibility index (Phi) is 14.5. The molecule has 0 atom stereocenters. The third-order valence-electron chi connectivity index (χ3n) is 3.53. The van der Waals surface area contributed by atoms with Gasteiger partial charge >= 0.3 is 6.36 Å². The van der Waals surface area contributed by atoms with E-state index in [9.17, 15) is 13.2 Å². The van der Waals surface area contributed by atoms with Crippen LogP contribution in [0, 0.1) is 0 Å². The Morgan fingerprint density at radius 3 is 1.86 bits per heavy atom. The van der Waals surface area contributed by atoms with Crippen LogP contribution in [0.4, 0.5) is 18.9 Å². The van der Waals surface area contributed by atoms with Crippen molar-refractivity contribution in [3.63, 3.8) is 0 Å². The molecule has 158 valence electrons. The van der Waals surface area contributed by atoms with E-state index in [2.05, 4.69) is 11.3 Å². The van der Waals surface area contributed by atoms with Crippen LogP contribution in [-0.4, -0.2) is 13.4 Å². The summed E-state index contributed by atoms with van der Waals surface area (Å²) in [7, 11) is 1.86. The first kappa shape index (κ1) is 27.8. The first-order valence-electron chi connectivity index (χ1n) is 9.17. The number of hydrogen-bond acceptors (Lipinski definition) is 2. The monoisotopic (exact) mass is 397 g/mol. The number of rotatable bonds is 5. The van der Waals surface area contributed by atoms with E-state index in [-0.39, 0.29) is 5.75 Å². The lowest BCUT2D eigenvalue weighted by molar-refractivity contribution is -0.274. The van der Waals surface area contributed by atoms with Gasteiger partial charge < -0.3 is 9.64 Å². The summed E-state index contributed by atoms with van der Waals surface area (Å²) in [5.41, 5.74) is 4.17. The maximum atomic E-state index is 12.1. The molecule has 0 aromatic heterocycles. The van der Waals surface area contributed by atoms with Crippen LogP contribution >= 0.6 is 0 Å². The molecule has 0 radical (unpaired) electrons. The molecule has 0 amide bonds. The van der Waals surface area contributed by atoms with Gasteiger partial charge in [0.1, 0.15) is 5.75 Å². The zero-order valence-electron chi connectivity index (χ0n) is 18.3. The molecule has 2 nitrogen and oxygen atoms in total. The highest BCUT2D eigenvalue weighted by Crippen LogP contribution is 2.26. The number of allylic oxidation sites excluding steroid dienone is 7. The summed E-state index contributed by atoms with van der Waals surface area (Å²) in [5.74, 6) is -0.221. The van der Waals surface area contributed by atoms with Gasteiger partial charge in [0, 0.05) is 18.4 Å². The number of anilines is 1. The molecule has 28 heavy (non-hydrogen) atoms. The largest absolute Gasteiger partial charge is 0.573 e. The van der Waals surface area contributed by atoms with E-state index in [1.54, 1.807) is 18.2 Å². The highest BCUT2D eigenvalue weighted by atomic mass is 19.4. The topological polar surface area (TPSA) is 12.5 Å². The van der Waals surface area contributed by atoms with Crippen LogP contribution in [0.25, 0.3) is 0 Å². The Labute approximate surface area is 168 Å². The zero-order chi connectivity index (χ0) is 22.3. The van der Waals surface area contributed by atoms with Crippen molar-refractivity contribution in [1.29, 1.82) is 0 Å². The molecule has 0 aliphatic rings. The van der Waals surface area contributed by atoms with Gasteiger partial charge in [0.05, 0.1) is 0 Å². The van der Waals surface area contributed by atoms with E-state index in [1.165, 1.54) is 17.7 Å². The van der Waals surface area contributed by atoms with E-state index in [4.69, 9.17) is 0 Å². The number of benzene rings is 1. The molecule has 0 saturated carbocycles. The summed E-state index contributed by atoms with van der Waals surface area (Å²) >= 11 is 0. The van der Waals surface area contributed by atoms with Crippen molar-refractivity contribution >= 4 is 5.69 Å². The maximum absolute atomic E-state index is 12.1. The van der Waals surface area contributed by atoms with Gasteiger partial charge in [-0.2, -0.15) is 0 Å². The third kappa shape index (κ3) is 12.8. The molecule has 0 heterocycles. The molecule has 0 fully saturated rings. The molecule has 0 aliphatic carbocycles. The first-order valence-corrected chi connectivity index (χ1v) is 9.17. The Bertz CT molecular complexity index is 649. The van der Waals surface area contributed by atoms with Gasteiger partial charge in [-0.1, -0.05) is 49.8 Å². The number of alkyl halides is 3. The van der Waals surface area contributed by atoms with Crippen LogP contribution in [0.2, 0.25) is 0 Å². The molecule has 0 unspecified atom stereocenters. The molecule has 1 aromatic rings. The molecule has 0 saturated heterocycles. The van der Waals surface area contributed by atoms with Crippen molar-refractivity contribution < 1.29 is 17.9 Å². The van der Waals surface area contributed by atoms with Gasteiger partial charge in [0.2, 0.25) is 0 Å². The number of ether oxygens (including phenoxy) is 1. The molecule has 5 heteroatoms.